The van der Waals surface area contributed by atoms with Crippen molar-refractivity contribution in [2.75, 3.05) is 13.1 Å². The van der Waals surface area contributed by atoms with Gasteiger partial charge in [-0.2, -0.15) is 0 Å². The number of hydrogen-bond acceptors (Lipinski definition) is 3. The topological polar surface area (TPSA) is 49.8 Å². The van der Waals surface area contributed by atoms with Crippen molar-refractivity contribution in [2.45, 2.75) is 18.6 Å². The molecule has 3 aromatic rings. The molecule has 1 heterocycles. The van der Waals surface area contributed by atoms with Crippen LogP contribution >= 0.6 is 23.2 Å². The fourth-order valence-electron chi connectivity index (χ4n) is 3.60. The summed E-state index contributed by atoms with van der Waals surface area (Å²) in [6.45, 7) is 0.703. The molecule has 2 atom stereocenters. The Morgan fingerprint density at radius 1 is 1.10 bits per heavy atom. The number of rotatable bonds is 5. The molecular weight excluding hydrogens is 440 g/mol. The molecule has 1 saturated heterocycles. The Morgan fingerprint density at radius 2 is 1.84 bits per heavy atom. The molecule has 160 valence electrons. The Kier molecular flexibility index (Phi) is 6.46. The van der Waals surface area contributed by atoms with Gasteiger partial charge in [0.05, 0.1) is 6.10 Å². The van der Waals surface area contributed by atoms with E-state index in [-0.39, 0.29) is 23.8 Å². The molecule has 0 aromatic heterocycles. The predicted molar refractivity (Wildman–Crippen MR) is 118 cm³/mol. The molecule has 0 spiro atoms. The van der Waals surface area contributed by atoms with E-state index in [4.69, 9.17) is 27.9 Å². The third-order valence-electron chi connectivity index (χ3n) is 5.23. The van der Waals surface area contributed by atoms with Crippen LogP contribution in [0.2, 0.25) is 10.0 Å². The summed E-state index contributed by atoms with van der Waals surface area (Å²) in [6.07, 6.45) is -0.682. The number of halogens is 3. The van der Waals surface area contributed by atoms with Crippen LogP contribution in [0.5, 0.6) is 5.75 Å². The Bertz CT molecular complexity index is 1090. The van der Waals surface area contributed by atoms with Crippen molar-refractivity contribution in [3.63, 3.8) is 0 Å². The largest absolute Gasteiger partial charge is 0.478 e. The van der Waals surface area contributed by atoms with Crippen LogP contribution in [-0.2, 0) is 0 Å². The predicted octanol–water partition coefficient (Wildman–Crippen LogP) is 5.51. The standard InChI is InChI=1S/C24H20Cl2FNO3/c25-17-8-5-15(6-9-17)23(19-3-1-2-4-20(19)26)31-22-10-7-16(13-21(22)27)24(30)28-12-11-18(29)14-28/h1-10,13,18,23,29H,11-12,14H2. The van der Waals surface area contributed by atoms with Crippen LogP contribution in [0.25, 0.3) is 0 Å². The van der Waals surface area contributed by atoms with E-state index >= 15 is 0 Å². The van der Waals surface area contributed by atoms with Gasteiger partial charge in [-0.1, -0.05) is 53.5 Å². The maximum absolute atomic E-state index is 14.9. The number of likely N-dealkylation sites (tertiary alicyclic amines) is 1. The molecule has 4 nitrogen and oxygen atoms in total. The average Bonchev–Trinajstić information content (AvgIpc) is 3.20. The van der Waals surface area contributed by atoms with Gasteiger partial charge >= 0.3 is 0 Å². The second-order valence-electron chi connectivity index (χ2n) is 7.41. The van der Waals surface area contributed by atoms with Crippen molar-refractivity contribution < 1.29 is 19.0 Å². The summed E-state index contributed by atoms with van der Waals surface area (Å²) >= 11 is 12.4. The van der Waals surface area contributed by atoms with Gasteiger partial charge in [-0.05, 0) is 48.4 Å². The van der Waals surface area contributed by atoms with Crippen LogP contribution in [-0.4, -0.2) is 35.1 Å². The van der Waals surface area contributed by atoms with Gasteiger partial charge in [-0.25, -0.2) is 4.39 Å². The second-order valence-corrected chi connectivity index (χ2v) is 8.25. The first kappa shape index (κ1) is 21.6. The summed E-state index contributed by atoms with van der Waals surface area (Å²) < 4.78 is 21.0. The molecule has 2 unspecified atom stereocenters. The first-order valence-corrected chi connectivity index (χ1v) is 10.6. The highest BCUT2D eigenvalue weighted by atomic mass is 35.5. The molecule has 3 aromatic carbocycles. The van der Waals surface area contributed by atoms with Gasteiger partial charge in [-0.15, -0.1) is 0 Å². The molecule has 1 N–H and O–H groups in total. The zero-order valence-corrected chi connectivity index (χ0v) is 18.0. The van der Waals surface area contributed by atoms with Crippen molar-refractivity contribution in [2.24, 2.45) is 0 Å². The number of hydrogen-bond donors (Lipinski definition) is 1. The number of carbonyl (C=O) groups excluding carboxylic acids is 1. The monoisotopic (exact) mass is 459 g/mol. The minimum Gasteiger partial charge on any atom is -0.478 e. The van der Waals surface area contributed by atoms with E-state index in [9.17, 15) is 14.3 Å². The number of aliphatic hydroxyl groups is 1. The molecule has 31 heavy (non-hydrogen) atoms. The Balaban J connectivity index is 1.63. The number of amides is 1. The molecular formula is C24H20Cl2FNO3. The smallest absolute Gasteiger partial charge is 0.254 e. The van der Waals surface area contributed by atoms with Crippen LogP contribution in [0, 0.1) is 5.82 Å². The third kappa shape index (κ3) is 4.85. The van der Waals surface area contributed by atoms with Crippen molar-refractivity contribution in [3.05, 3.63) is 99.3 Å². The van der Waals surface area contributed by atoms with Crippen LogP contribution in [0.4, 0.5) is 4.39 Å². The molecule has 0 radical (unpaired) electrons. The summed E-state index contributed by atoms with van der Waals surface area (Å²) in [5.74, 6) is -0.975. The van der Waals surface area contributed by atoms with Crippen molar-refractivity contribution in [3.8, 4) is 5.75 Å². The number of β-amino-alcohol motifs (C(OH)–C–C–N with tert-alkyl or cyclic N) is 1. The normalized spacial score (nSPS) is 16.9. The van der Waals surface area contributed by atoms with Crippen LogP contribution in [0.1, 0.15) is 34.0 Å². The second kappa shape index (κ2) is 9.27. The molecule has 0 bridgehead atoms. The van der Waals surface area contributed by atoms with Gasteiger partial charge in [-0.3, -0.25) is 4.79 Å². The zero-order chi connectivity index (χ0) is 22.0. The maximum atomic E-state index is 14.9. The number of ether oxygens (including phenoxy) is 1. The van der Waals surface area contributed by atoms with E-state index in [2.05, 4.69) is 0 Å². The van der Waals surface area contributed by atoms with E-state index in [1.807, 2.05) is 12.1 Å². The maximum Gasteiger partial charge on any atom is 0.254 e. The fraction of sp³-hybridized carbons (Fsp3) is 0.208. The lowest BCUT2D eigenvalue weighted by Crippen LogP contribution is -2.29. The molecule has 1 fully saturated rings. The third-order valence-corrected chi connectivity index (χ3v) is 5.83. The average molecular weight is 460 g/mol. The summed E-state index contributed by atoms with van der Waals surface area (Å²) in [5.41, 5.74) is 1.64. The summed E-state index contributed by atoms with van der Waals surface area (Å²) in [5, 5.41) is 10.7. The van der Waals surface area contributed by atoms with Gasteiger partial charge < -0.3 is 14.7 Å². The summed E-state index contributed by atoms with van der Waals surface area (Å²) in [7, 11) is 0. The van der Waals surface area contributed by atoms with Gasteiger partial charge in [0.2, 0.25) is 0 Å². The lowest BCUT2D eigenvalue weighted by atomic mass is 10.0. The number of nitrogens with zero attached hydrogens (tertiary/aromatic N) is 1. The molecule has 0 aliphatic carbocycles. The summed E-state index contributed by atoms with van der Waals surface area (Å²) in [6, 6.07) is 18.4. The first-order valence-electron chi connectivity index (χ1n) is 9.86. The lowest BCUT2D eigenvalue weighted by Gasteiger charge is -2.22. The van der Waals surface area contributed by atoms with E-state index < -0.39 is 18.0 Å². The molecule has 1 aliphatic rings. The van der Waals surface area contributed by atoms with Gasteiger partial charge in [0.15, 0.2) is 17.7 Å². The number of benzene rings is 3. The SMILES string of the molecule is O=C(c1ccc(OC(c2ccc(Cl)cc2)c2ccccc2Cl)c(F)c1)N1CCC(O)C1. The zero-order valence-electron chi connectivity index (χ0n) is 16.5. The van der Waals surface area contributed by atoms with E-state index in [0.29, 0.717) is 28.6 Å². The van der Waals surface area contributed by atoms with Crippen LogP contribution in [0.3, 0.4) is 0 Å². The van der Waals surface area contributed by atoms with Crippen molar-refractivity contribution in [1.29, 1.82) is 0 Å². The highest BCUT2D eigenvalue weighted by Gasteiger charge is 2.26. The van der Waals surface area contributed by atoms with Crippen LogP contribution in [0.15, 0.2) is 66.7 Å². The molecule has 1 amide bonds. The minimum atomic E-state index is -0.671. The van der Waals surface area contributed by atoms with Crippen molar-refractivity contribution >= 4 is 29.1 Å². The van der Waals surface area contributed by atoms with Gasteiger partial charge in [0, 0.05) is 34.3 Å². The Hall–Kier alpha value is -2.60. The van der Waals surface area contributed by atoms with Crippen LogP contribution < -0.4 is 4.74 Å². The number of carbonyl (C=O) groups is 1. The highest BCUT2D eigenvalue weighted by Crippen LogP contribution is 2.34. The van der Waals surface area contributed by atoms with Gasteiger partial charge in [0.25, 0.3) is 5.91 Å². The quantitative estimate of drug-likeness (QED) is 0.547. The van der Waals surface area contributed by atoms with E-state index in [1.54, 1.807) is 36.4 Å². The Morgan fingerprint density at radius 3 is 2.48 bits per heavy atom. The molecule has 0 saturated carbocycles. The van der Waals surface area contributed by atoms with E-state index in [0.717, 1.165) is 11.6 Å². The molecule has 1 aliphatic heterocycles. The highest BCUT2D eigenvalue weighted by molar-refractivity contribution is 6.31. The van der Waals surface area contributed by atoms with E-state index in [1.165, 1.54) is 17.0 Å². The fourth-order valence-corrected chi connectivity index (χ4v) is 3.96. The lowest BCUT2D eigenvalue weighted by molar-refractivity contribution is 0.0764. The molecule has 4 rings (SSSR count). The first-order chi connectivity index (χ1) is 14.9. The molecule has 7 heteroatoms. The number of aliphatic hydroxyl groups excluding tert-OH is 1. The van der Waals surface area contributed by atoms with Gasteiger partial charge in [0.1, 0.15) is 0 Å². The Labute approximate surface area is 189 Å². The van der Waals surface area contributed by atoms with Crippen molar-refractivity contribution in [1.82, 2.24) is 4.90 Å². The summed E-state index contributed by atoms with van der Waals surface area (Å²) in [4.78, 5) is 14.1. The minimum absolute atomic E-state index is 0.00197.